The lowest BCUT2D eigenvalue weighted by atomic mass is 10.1. The molecule has 146 valence electrons. The lowest BCUT2D eigenvalue weighted by Crippen LogP contribution is -2.26. The van der Waals surface area contributed by atoms with Crippen LogP contribution in [0.2, 0.25) is 0 Å². The van der Waals surface area contributed by atoms with E-state index in [2.05, 4.69) is 36.0 Å². The van der Waals surface area contributed by atoms with Crippen LogP contribution >= 0.6 is 27.7 Å². The maximum Gasteiger partial charge on any atom is 0.224 e. The number of nitrogens with one attached hydrogen (secondary N) is 1. The summed E-state index contributed by atoms with van der Waals surface area (Å²) in [5.74, 6) is 0.633. The van der Waals surface area contributed by atoms with Crippen LogP contribution in [0.25, 0.3) is 0 Å². The second kappa shape index (κ2) is 9.68. The van der Waals surface area contributed by atoms with E-state index in [9.17, 15) is 9.18 Å². The number of rotatable bonds is 8. The number of benzene rings is 1. The molecule has 5 nitrogen and oxygen atoms in total. The van der Waals surface area contributed by atoms with Gasteiger partial charge in [-0.1, -0.05) is 30.7 Å². The summed E-state index contributed by atoms with van der Waals surface area (Å²) in [5.41, 5.74) is 0.784. The number of halogens is 2. The summed E-state index contributed by atoms with van der Waals surface area (Å²) in [4.78, 5) is 12.1. The molecule has 27 heavy (non-hydrogen) atoms. The fourth-order valence-corrected chi connectivity index (χ4v) is 4.52. The van der Waals surface area contributed by atoms with E-state index >= 15 is 0 Å². The quantitative estimate of drug-likeness (QED) is 0.476. The van der Waals surface area contributed by atoms with Crippen LogP contribution < -0.4 is 5.32 Å². The Kier molecular flexibility index (Phi) is 7.29. The second-order valence-electron chi connectivity index (χ2n) is 6.79. The predicted octanol–water partition coefficient (Wildman–Crippen LogP) is 4.31. The second-order valence-corrected chi connectivity index (χ2v) is 8.42. The molecule has 0 spiro atoms. The zero-order valence-corrected chi connectivity index (χ0v) is 17.8. The number of nitrogens with zero attached hydrogens (tertiary/aromatic N) is 3. The smallest absolute Gasteiger partial charge is 0.224 e. The Morgan fingerprint density at radius 2 is 2.15 bits per heavy atom. The van der Waals surface area contributed by atoms with Gasteiger partial charge < -0.3 is 9.88 Å². The van der Waals surface area contributed by atoms with Crippen LogP contribution in [0.3, 0.4) is 0 Å². The van der Waals surface area contributed by atoms with E-state index < -0.39 is 0 Å². The Morgan fingerprint density at radius 1 is 1.37 bits per heavy atom. The molecule has 1 aliphatic rings. The molecule has 1 N–H and O–H groups in total. The monoisotopic (exact) mass is 454 g/mol. The minimum absolute atomic E-state index is 0.0597. The summed E-state index contributed by atoms with van der Waals surface area (Å²) in [5, 5.41) is 12.6. The van der Waals surface area contributed by atoms with Crippen molar-refractivity contribution in [2.24, 2.45) is 0 Å². The van der Waals surface area contributed by atoms with Gasteiger partial charge in [-0.15, -0.1) is 10.2 Å². The number of hydrogen-bond donors (Lipinski definition) is 1. The molecule has 1 aromatic heterocycles. The van der Waals surface area contributed by atoms with Gasteiger partial charge in [-0.2, -0.15) is 0 Å². The topological polar surface area (TPSA) is 59.8 Å². The number of aryl methyl sites for hydroxylation is 1. The van der Waals surface area contributed by atoms with Crippen LogP contribution in [0.4, 0.5) is 4.39 Å². The SMILES string of the molecule is CSc1nnc(CCCNC(=O)Cc2ccc(F)c(Br)c2)n1C1CCCC1. The number of thioether (sulfide) groups is 1. The maximum atomic E-state index is 13.3. The average Bonchev–Trinajstić information content (AvgIpc) is 3.30. The Bertz CT molecular complexity index is 792. The van der Waals surface area contributed by atoms with E-state index in [0.717, 1.165) is 29.4 Å². The van der Waals surface area contributed by atoms with Gasteiger partial charge >= 0.3 is 0 Å². The van der Waals surface area contributed by atoms with Crippen molar-refractivity contribution < 1.29 is 9.18 Å². The van der Waals surface area contributed by atoms with Crippen LogP contribution in [0.15, 0.2) is 27.8 Å². The van der Waals surface area contributed by atoms with E-state index in [-0.39, 0.29) is 18.1 Å². The van der Waals surface area contributed by atoms with Crippen LogP contribution in [-0.4, -0.2) is 33.5 Å². The van der Waals surface area contributed by atoms with Crippen molar-refractivity contribution >= 4 is 33.6 Å². The molecule has 1 heterocycles. The lowest BCUT2D eigenvalue weighted by molar-refractivity contribution is -0.120. The van der Waals surface area contributed by atoms with Crippen molar-refractivity contribution in [2.45, 2.75) is 56.1 Å². The molecule has 3 rings (SSSR count). The highest BCUT2D eigenvalue weighted by Gasteiger charge is 2.23. The van der Waals surface area contributed by atoms with E-state index in [0.29, 0.717) is 17.1 Å². The summed E-state index contributed by atoms with van der Waals surface area (Å²) in [6.45, 7) is 0.591. The zero-order valence-electron chi connectivity index (χ0n) is 15.4. The van der Waals surface area contributed by atoms with Crippen LogP contribution in [-0.2, 0) is 17.6 Å². The molecule has 0 atom stereocenters. The number of carbonyl (C=O) groups excluding carboxylic acids is 1. The summed E-state index contributed by atoms with van der Waals surface area (Å²) in [6, 6.07) is 5.16. The van der Waals surface area contributed by atoms with Crippen molar-refractivity contribution in [3.63, 3.8) is 0 Å². The van der Waals surface area contributed by atoms with Crippen LogP contribution in [0.5, 0.6) is 0 Å². The fraction of sp³-hybridized carbons (Fsp3) is 0.526. The molecular weight excluding hydrogens is 431 g/mol. The molecule has 2 aromatic rings. The van der Waals surface area contributed by atoms with Crippen LogP contribution in [0.1, 0.15) is 49.5 Å². The summed E-state index contributed by atoms with van der Waals surface area (Å²) in [6.07, 6.45) is 8.83. The Balaban J connectivity index is 1.48. The van der Waals surface area contributed by atoms with Crippen LogP contribution in [0, 0.1) is 5.82 Å². The van der Waals surface area contributed by atoms with E-state index in [1.165, 1.54) is 31.7 Å². The van der Waals surface area contributed by atoms with Gasteiger partial charge in [-0.25, -0.2) is 4.39 Å². The normalized spacial score (nSPS) is 14.6. The first-order chi connectivity index (χ1) is 13.1. The molecule has 0 aliphatic heterocycles. The third-order valence-corrected chi connectivity index (χ3v) is 6.11. The van der Waals surface area contributed by atoms with Gasteiger partial charge in [0.2, 0.25) is 5.91 Å². The molecular formula is C19H24BrFN4OS. The Hall–Kier alpha value is -1.41. The third-order valence-electron chi connectivity index (χ3n) is 4.86. The number of carbonyl (C=O) groups is 1. The molecule has 0 saturated heterocycles. The zero-order chi connectivity index (χ0) is 19.2. The molecule has 0 unspecified atom stereocenters. The molecule has 0 bridgehead atoms. The molecule has 1 fully saturated rings. The largest absolute Gasteiger partial charge is 0.356 e. The van der Waals surface area contributed by atoms with Crippen molar-refractivity contribution in [3.8, 4) is 0 Å². The molecule has 1 aromatic carbocycles. The summed E-state index contributed by atoms with van der Waals surface area (Å²) < 4.78 is 15.9. The highest BCUT2D eigenvalue weighted by atomic mass is 79.9. The van der Waals surface area contributed by atoms with Crippen molar-refractivity contribution in [3.05, 3.63) is 39.9 Å². The fourth-order valence-electron chi connectivity index (χ4n) is 3.52. The predicted molar refractivity (Wildman–Crippen MR) is 108 cm³/mol. The Labute approximate surface area is 171 Å². The molecule has 1 aliphatic carbocycles. The summed E-state index contributed by atoms with van der Waals surface area (Å²) >= 11 is 4.78. The van der Waals surface area contributed by atoms with Gasteiger partial charge in [0.05, 0.1) is 10.9 Å². The molecule has 8 heteroatoms. The van der Waals surface area contributed by atoms with Crippen molar-refractivity contribution in [1.29, 1.82) is 0 Å². The third kappa shape index (κ3) is 5.31. The van der Waals surface area contributed by atoms with Gasteiger partial charge in [0.25, 0.3) is 0 Å². The Morgan fingerprint density at radius 3 is 2.85 bits per heavy atom. The molecule has 1 amide bonds. The van der Waals surface area contributed by atoms with Gasteiger partial charge in [-0.3, -0.25) is 4.79 Å². The minimum Gasteiger partial charge on any atom is -0.356 e. The molecule has 1 saturated carbocycles. The first-order valence-electron chi connectivity index (χ1n) is 9.27. The van der Waals surface area contributed by atoms with Crippen molar-refractivity contribution in [1.82, 2.24) is 20.1 Å². The molecule has 0 radical (unpaired) electrons. The first-order valence-corrected chi connectivity index (χ1v) is 11.3. The number of amides is 1. The van der Waals surface area contributed by atoms with Gasteiger partial charge in [-0.05, 0) is 59.1 Å². The lowest BCUT2D eigenvalue weighted by Gasteiger charge is -2.16. The standard InChI is InChI=1S/C19H24BrFN4OS/c1-27-19-24-23-17(25(19)14-5-2-3-6-14)7-4-10-22-18(26)12-13-8-9-16(21)15(20)11-13/h8-9,11,14H,2-7,10,12H2,1H3,(H,22,26). The van der Waals surface area contributed by atoms with E-state index in [4.69, 9.17) is 0 Å². The average molecular weight is 455 g/mol. The van der Waals surface area contributed by atoms with E-state index in [1.54, 1.807) is 23.9 Å². The highest BCUT2D eigenvalue weighted by molar-refractivity contribution is 9.10. The van der Waals surface area contributed by atoms with Gasteiger partial charge in [0, 0.05) is 19.0 Å². The van der Waals surface area contributed by atoms with E-state index in [1.807, 2.05) is 6.26 Å². The minimum atomic E-state index is -0.324. The van der Waals surface area contributed by atoms with Gasteiger partial charge in [0.15, 0.2) is 5.16 Å². The van der Waals surface area contributed by atoms with Gasteiger partial charge in [0.1, 0.15) is 11.6 Å². The highest BCUT2D eigenvalue weighted by Crippen LogP contribution is 2.33. The summed E-state index contributed by atoms with van der Waals surface area (Å²) in [7, 11) is 0. The van der Waals surface area contributed by atoms with Crippen molar-refractivity contribution in [2.75, 3.05) is 12.8 Å². The first kappa shape index (κ1) is 20.3. The number of hydrogen-bond acceptors (Lipinski definition) is 4. The number of aromatic nitrogens is 3. The maximum absolute atomic E-state index is 13.3.